The third kappa shape index (κ3) is 2.59. The maximum Gasteiger partial charge on any atom is 0.336 e. The van der Waals surface area contributed by atoms with Crippen molar-refractivity contribution in [2.45, 2.75) is 0 Å². The van der Waals surface area contributed by atoms with Crippen LogP contribution in [0, 0.1) is 11.6 Å². The number of rotatable bonds is 3. The predicted octanol–water partition coefficient (Wildman–Crippen LogP) is 3.89. The largest absolute Gasteiger partial charge is 0.496 e. The molecule has 0 aliphatic carbocycles. The lowest BCUT2D eigenvalue weighted by Crippen LogP contribution is -2.02. The van der Waals surface area contributed by atoms with Gasteiger partial charge in [-0.3, -0.25) is 0 Å². The second kappa shape index (κ2) is 5.64. The molecule has 0 saturated carbocycles. The number of benzene rings is 2. The highest BCUT2D eigenvalue weighted by Gasteiger charge is 2.18. The van der Waals surface area contributed by atoms with E-state index in [1.807, 2.05) is 0 Å². The molecule has 3 aromatic rings. The number of fused-ring (bicyclic) bond motifs is 1. The highest BCUT2D eigenvalue weighted by molar-refractivity contribution is 6.04. The van der Waals surface area contributed by atoms with Gasteiger partial charge in [-0.15, -0.1) is 0 Å². The van der Waals surface area contributed by atoms with E-state index >= 15 is 0 Å². The minimum Gasteiger partial charge on any atom is -0.496 e. The van der Waals surface area contributed by atoms with Crippen molar-refractivity contribution < 1.29 is 23.4 Å². The number of carboxylic acid groups (broad SMARTS) is 1. The molecule has 0 amide bonds. The second-order valence-corrected chi connectivity index (χ2v) is 4.84. The molecule has 0 atom stereocenters. The monoisotopic (exact) mass is 315 g/mol. The fourth-order valence-corrected chi connectivity index (χ4v) is 2.42. The molecule has 4 nitrogen and oxygen atoms in total. The Morgan fingerprint density at radius 1 is 1.17 bits per heavy atom. The quantitative estimate of drug-likeness (QED) is 0.796. The van der Waals surface area contributed by atoms with Crippen LogP contribution in [-0.4, -0.2) is 23.2 Å². The number of carbonyl (C=O) groups is 1. The first-order valence-electron chi connectivity index (χ1n) is 6.67. The molecule has 1 heterocycles. The smallest absolute Gasteiger partial charge is 0.336 e. The number of nitrogens with zero attached hydrogens (tertiary/aromatic N) is 1. The highest BCUT2D eigenvalue weighted by Crippen LogP contribution is 2.32. The van der Waals surface area contributed by atoms with Gasteiger partial charge in [-0.05, 0) is 24.3 Å². The van der Waals surface area contributed by atoms with Crippen LogP contribution < -0.4 is 4.74 Å². The van der Waals surface area contributed by atoms with Crippen molar-refractivity contribution in [3.8, 4) is 17.0 Å². The second-order valence-electron chi connectivity index (χ2n) is 4.84. The number of pyridine rings is 1. The molecule has 3 rings (SSSR count). The van der Waals surface area contributed by atoms with Crippen molar-refractivity contribution in [2.75, 3.05) is 7.11 Å². The number of aromatic carboxylic acids is 1. The molecule has 0 aliphatic rings. The lowest BCUT2D eigenvalue weighted by Gasteiger charge is -2.11. The number of hydrogen-bond acceptors (Lipinski definition) is 3. The number of para-hydroxylation sites is 1. The van der Waals surface area contributed by atoms with E-state index in [0.29, 0.717) is 17.4 Å². The number of carboxylic acids is 1. The van der Waals surface area contributed by atoms with Crippen LogP contribution in [0.1, 0.15) is 10.4 Å². The Morgan fingerprint density at radius 2 is 1.91 bits per heavy atom. The average molecular weight is 315 g/mol. The number of halogens is 2. The molecule has 6 heteroatoms. The summed E-state index contributed by atoms with van der Waals surface area (Å²) in [5.74, 6) is -2.60. The topological polar surface area (TPSA) is 59.4 Å². The molecular weight excluding hydrogens is 304 g/mol. The van der Waals surface area contributed by atoms with Crippen molar-refractivity contribution in [1.82, 2.24) is 4.98 Å². The van der Waals surface area contributed by atoms with Gasteiger partial charge in [0.15, 0.2) is 5.82 Å². The third-order valence-electron chi connectivity index (χ3n) is 3.44. The standard InChI is InChI=1S/C17H11F2NO3/c1-23-15-5-3-2-4-10(15)14-8-12(17(21)22)11-6-9(18)7-13(19)16(11)20-14/h2-8H,1H3,(H,21,22). The molecule has 23 heavy (non-hydrogen) atoms. The van der Waals surface area contributed by atoms with Crippen molar-refractivity contribution in [2.24, 2.45) is 0 Å². The first-order chi connectivity index (χ1) is 11.0. The molecule has 1 aromatic heterocycles. The summed E-state index contributed by atoms with van der Waals surface area (Å²) in [5, 5.41) is 9.27. The van der Waals surface area contributed by atoms with E-state index in [9.17, 15) is 18.7 Å². The van der Waals surface area contributed by atoms with Gasteiger partial charge in [-0.25, -0.2) is 18.6 Å². The van der Waals surface area contributed by atoms with Gasteiger partial charge < -0.3 is 9.84 Å². The van der Waals surface area contributed by atoms with Gasteiger partial charge in [0.2, 0.25) is 0 Å². The summed E-state index contributed by atoms with van der Waals surface area (Å²) in [6.45, 7) is 0. The van der Waals surface area contributed by atoms with Crippen molar-refractivity contribution in [3.63, 3.8) is 0 Å². The van der Waals surface area contributed by atoms with Gasteiger partial charge in [0.05, 0.1) is 18.4 Å². The fraction of sp³-hybridized carbons (Fsp3) is 0.0588. The van der Waals surface area contributed by atoms with Gasteiger partial charge in [0.1, 0.15) is 17.1 Å². The van der Waals surface area contributed by atoms with Gasteiger partial charge >= 0.3 is 5.97 Å². The molecular formula is C17H11F2NO3. The lowest BCUT2D eigenvalue weighted by molar-refractivity contribution is 0.0699. The van der Waals surface area contributed by atoms with Crippen molar-refractivity contribution in [3.05, 3.63) is 59.7 Å². The van der Waals surface area contributed by atoms with E-state index in [4.69, 9.17) is 4.74 Å². The van der Waals surface area contributed by atoms with Gasteiger partial charge in [-0.2, -0.15) is 0 Å². The molecule has 0 bridgehead atoms. The van der Waals surface area contributed by atoms with Crippen molar-refractivity contribution in [1.29, 1.82) is 0 Å². The van der Waals surface area contributed by atoms with E-state index in [1.54, 1.807) is 24.3 Å². The van der Waals surface area contributed by atoms with Crippen molar-refractivity contribution >= 4 is 16.9 Å². The third-order valence-corrected chi connectivity index (χ3v) is 3.44. The number of ether oxygens (including phenoxy) is 1. The number of aromatic nitrogens is 1. The van der Waals surface area contributed by atoms with Crippen LogP contribution >= 0.6 is 0 Å². The Balaban J connectivity index is 2.38. The van der Waals surface area contributed by atoms with E-state index in [0.717, 1.165) is 6.07 Å². The summed E-state index contributed by atoms with van der Waals surface area (Å²) in [5.41, 5.74) is 0.322. The summed E-state index contributed by atoms with van der Waals surface area (Å²) < 4.78 is 32.7. The van der Waals surface area contributed by atoms with Crippen LogP contribution in [0.15, 0.2) is 42.5 Å². The average Bonchev–Trinajstić information content (AvgIpc) is 2.53. The number of methoxy groups -OCH3 is 1. The molecule has 0 saturated heterocycles. The van der Waals surface area contributed by atoms with Crippen LogP contribution in [0.3, 0.4) is 0 Å². The normalized spacial score (nSPS) is 10.7. The molecule has 116 valence electrons. The molecule has 0 unspecified atom stereocenters. The summed E-state index contributed by atoms with van der Waals surface area (Å²) >= 11 is 0. The first-order valence-corrected chi connectivity index (χ1v) is 6.67. The molecule has 0 fully saturated rings. The highest BCUT2D eigenvalue weighted by atomic mass is 19.1. The van der Waals surface area contributed by atoms with Crippen LogP contribution in [0.25, 0.3) is 22.2 Å². The maximum absolute atomic E-state index is 14.0. The Bertz CT molecular complexity index is 925. The van der Waals surface area contributed by atoms with Gasteiger partial charge in [-0.1, -0.05) is 12.1 Å². The fourth-order valence-electron chi connectivity index (χ4n) is 2.42. The summed E-state index contributed by atoms with van der Waals surface area (Å²) in [4.78, 5) is 15.6. The predicted molar refractivity (Wildman–Crippen MR) is 80.6 cm³/mol. The van der Waals surface area contributed by atoms with E-state index in [-0.39, 0.29) is 22.2 Å². The van der Waals surface area contributed by atoms with E-state index in [1.165, 1.54) is 13.2 Å². The summed E-state index contributed by atoms with van der Waals surface area (Å²) in [7, 11) is 1.47. The molecule has 2 aromatic carbocycles. The zero-order valence-electron chi connectivity index (χ0n) is 12.0. The zero-order chi connectivity index (χ0) is 16.6. The Hall–Kier alpha value is -3.02. The minimum atomic E-state index is -1.29. The first kappa shape index (κ1) is 14.9. The molecule has 1 N–H and O–H groups in total. The molecule has 0 aliphatic heterocycles. The Morgan fingerprint density at radius 3 is 2.61 bits per heavy atom. The molecule has 0 radical (unpaired) electrons. The number of hydrogen-bond donors (Lipinski definition) is 1. The van der Waals surface area contributed by atoms with Crippen LogP contribution in [-0.2, 0) is 0 Å². The summed E-state index contributed by atoms with van der Waals surface area (Å²) in [6.07, 6.45) is 0. The van der Waals surface area contributed by atoms with Gasteiger partial charge in [0, 0.05) is 17.0 Å². The minimum absolute atomic E-state index is 0.0892. The van der Waals surface area contributed by atoms with Gasteiger partial charge in [0.25, 0.3) is 0 Å². The van der Waals surface area contributed by atoms with Crippen LogP contribution in [0.5, 0.6) is 5.75 Å². The van der Waals surface area contributed by atoms with Crippen LogP contribution in [0.2, 0.25) is 0 Å². The Kier molecular flexibility index (Phi) is 3.65. The SMILES string of the molecule is COc1ccccc1-c1cc(C(=O)O)c2cc(F)cc(F)c2n1. The van der Waals surface area contributed by atoms with E-state index in [2.05, 4.69) is 4.98 Å². The van der Waals surface area contributed by atoms with Crippen LogP contribution in [0.4, 0.5) is 8.78 Å². The zero-order valence-corrected chi connectivity index (χ0v) is 12.0. The molecule has 0 spiro atoms. The lowest BCUT2D eigenvalue weighted by atomic mass is 10.0. The van der Waals surface area contributed by atoms with E-state index < -0.39 is 17.6 Å². The maximum atomic E-state index is 14.0. The summed E-state index contributed by atoms with van der Waals surface area (Å²) in [6, 6.07) is 9.75. The Labute approximate surface area is 130 Å².